The Balaban J connectivity index is 1.77. The average Bonchev–Trinajstić information content (AvgIpc) is 2.91. The van der Waals surface area contributed by atoms with Crippen LogP contribution in [0.2, 0.25) is 0 Å². The van der Waals surface area contributed by atoms with E-state index in [9.17, 15) is 4.79 Å². The summed E-state index contributed by atoms with van der Waals surface area (Å²) in [6.07, 6.45) is 1.66. The summed E-state index contributed by atoms with van der Waals surface area (Å²) in [4.78, 5) is 13.7. The largest absolute Gasteiger partial charge is 0.495 e. The molecule has 0 aliphatic carbocycles. The van der Waals surface area contributed by atoms with Gasteiger partial charge in [-0.25, -0.2) is 0 Å². The second-order valence-corrected chi connectivity index (χ2v) is 7.70. The molecule has 1 amide bonds. The molecule has 0 bridgehead atoms. The lowest BCUT2D eigenvalue weighted by atomic mass is 9.76. The molecule has 5 heteroatoms. The van der Waals surface area contributed by atoms with Crippen LogP contribution in [0.15, 0.2) is 18.2 Å². The van der Waals surface area contributed by atoms with Crippen molar-refractivity contribution in [2.75, 3.05) is 6.54 Å². The molecule has 0 aromatic heterocycles. The lowest BCUT2D eigenvalue weighted by Crippen LogP contribution is -2.41. The first kappa shape index (κ1) is 16.5. The van der Waals surface area contributed by atoms with Gasteiger partial charge < -0.3 is 14.2 Å². The Hall–Kier alpha value is -1.33. The molecule has 1 aromatic rings. The molecule has 3 rings (SSSR count). The van der Waals surface area contributed by atoms with Gasteiger partial charge in [0.15, 0.2) is 0 Å². The van der Waals surface area contributed by atoms with Gasteiger partial charge in [-0.1, -0.05) is 23.8 Å². The molecule has 2 heterocycles. The van der Waals surface area contributed by atoms with Gasteiger partial charge in [-0.15, -0.1) is 0 Å². The number of hydrogen-bond acceptors (Lipinski definition) is 3. The predicted molar refractivity (Wildman–Crippen MR) is 91.5 cm³/mol. The Morgan fingerprint density at radius 1 is 1.17 bits per heavy atom. The van der Waals surface area contributed by atoms with Crippen LogP contribution < -0.4 is 5.46 Å². The molecule has 0 atom stereocenters. The minimum Gasteiger partial charge on any atom is -0.399 e. The van der Waals surface area contributed by atoms with Crippen LogP contribution in [-0.2, 0) is 20.6 Å². The van der Waals surface area contributed by atoms with Crippen molar-refractivity contribution in [3.63, 3.8) is 0 Å². The number of rotatable bonds is 3. The number of hydrogen-bond donors (Lipinski definition) is 0. The highest BCUT2D eigenvalue weighted by Gasteiger charge is 2.52. The molecule has 4 nitrogen and oxygen atoms in total. The van der Waals surface area contributed by atoms with Crippen molar-refractivity contribution in [3.05, 3.63) is 29.3 Å². The van der Waals surface area contributed by atoms with Crippen molar-refractivity contribution in [2.24, 2.45) is 0 Å². The van der Waals surface area contributed by atoms with E-state index in [1.807, 2.05) is 4.90 Å². The highest BCUT2D eigenvalue weighted by atomic mass is 16.7. The maximum atomic E-state index is 11.8. The summed E-state index contributed by atoms with van der Waals surface area (Å²) in [6, 6.07) is 6.30. The van der Waals surface area contributed by atoms with Gasteiger partial charge in [0.05, 0.1) is 11.2 Å². The minimum absolute atomic E-state index is 0.262. The van der Waals surface area contributed by atoms with E-state index in [-0.39, 0.29) is 24.2 Å². The van der Waals surface area contributed by atoms with Crippen LogP contribution in [0.5, 0.6) is 0 Å². The number of nitrogens with zero attached hydrogens (tertiary/aromatic N) is 1. The predicted octanol–water partition coefficient (Wildman–Crippen LogP) is 2.42. The molecular formula is C18H26BNO3. The summed E-state index contributed by atoms with van der Waals surface area (Å²) in [5.41, 5.74) is 2.72. The van der Waals surface area contributed by atoms with Crippen LogP contribution in [0.4, 0.5) is 0 Å². The van der Waals surface area contributed by atoms with Gasteiger partial charge in [-0.2, -0.15) is 0 Å². The maximum Gasteiger partial charge on any atom is 0.495 e. The van der Waals surface area contributed by atoms with Crippen LogP contribution in [0.3, 0.4) is 0 Å². The Morgan fingerprint density at radius 3 is 2.35 bits per heavy atom. The van der Waals surface area contributed by atoms with E-state index in [4.69, 9.17) is 9.31 Å². The fourth-order valence-electron chi connectivity index (χ4n) is 3.16. The van der Waals surface area contributed by atoms with E-state index >= 15 is 0 Å². The fourth-order valence-corrected chi connectivity index (χ4v) is 3.16. The summed E-state index contributed by atoms with van der Waals surface area (Å²) >= 11 is 0. The van der Waals surface area contributed by atoms with E-state index in [1.165, 1.54) is 0 Å². The monoisotopic (exact) mass is 315 g/mol. The van der Waals surface area contributed by atoms with Gasteiger partial charge in [0, 0.05) is 19.5 Å². The Morgan fingerprint density at radius 2 is 1.83 bits per heavy atom. The van der Waals surface area contributed by atoms with Gasteiger partial charge in [0.25, 0.3) is 0 Å². The van der Waals surface area contributed by atoms with Gasteiger partial charge in [-0.05, 0) is 52.1 Å². The lowest BCUT2D eigenvalue weighted by Gasteiger charge is -2.32. The van der Waals surface area contributed by atoms with E-state index in [0.29, 0.717) is 13.0 Å². The molecule has 0 N–H and O–H groups in total. The molecule has 0 radical (unpaired) electrons. The molecule has 2 aliphatic rings. The first-order valence-corrected chi connectivity index (χ1v) is 8.42. The van der Waals surface area contributed by atoms with Crippen molar-refractivity contribution in [1.82, 2.24) is 4.90 Å². The van der Waals surface area contributed by atoms with Crippen molar-refractivity contribution in [2.45, 2.75) is 65.2 Å². The SMILES string of the molecule is Cc1cc(CN2CCCC2=O)ccc1B1OC(C)(C)C(C)(C)O1. The molecule has 0 saturated carbocycles. The molecule has 1 aromatic carbocycles. The third kappa shape index (κ3) is 3.04. The second kappa shape index (κ2) is 5.64. The summed E-state index contributed by atoms with van der Waals surface area (Å²) in [5, 5.41) is 0. The van der Waals surface area contributed by atoms with Crippen molar-refractivity contribution in [1.29, 1.82) is 0 Å². The second-order valence-electron chi connectivity index (χ2n) is 7.70. The Labute approximate surface area is 139 Å². The minimum atomic E-state index is -0.331. The highest BCUT2D eigenvalue weighted by molar-refractivity contribution is 6.62. The normalized spacial score (nSPS) is 22.9. The zero-order valence-electron chi connectivity index (χ0n) is 14.8. The van der Waals surface area contributed by atoms with Gasteiger partial charge in [-0.3, -0.25) is 4.79 Å². The van der Waals surface area contributed by atoms with Gasteiger partial charge >= 0.3 is 7.12 Å². The zero-order chi connectivity index (χ0) is 16.8. The van der Waals surface area contributed by atoms with Crippen LogP contribution >= 0.6 is 0 Å². The lowest BCUT2D eigenvalue weighted by molar-refractivity contribution is -0.128. The van der Waals surface area contributed by atoms with Crippen LogP contribution in [-0.4, -0.2) is 35.7 Å². The third-order valence-corrected chi connectivity index (χ3v) is 5.39. The third-order valence-electron chi connectivity index (χ3n) is 5.39. The van der Waals surface area contributed by atoms with Gasteiger partial charge in [0.1, 0.15) is 0 Å². The number of amides is 1. The van der Waals surface area contributed by atoms with Crippen LogP contribution in [0.25, 0.3) is 0 Å². The van der Waals surface area contributed by atoms with Crippen molar-refractivity contribution in [3.8, 4) is 0 Å². The summed E-state index contributed by atoms with van der Waals surface area (Å²) in [6.45, 7) is 11.9. The van der Waals surface area contributed by atoms with Crippen molar-refractivity contribution >= 4 is 18.5 Å². The van der Waals surface area contributed by atoms with E-state index in [1.54, 1.807) is 0 Å². The number of benzene rings is 1. The average molecular weight is 315 g/mol. The molecule has 124 valence electrons. The van der Waals surface area contributed by atoms with E-state index < -0.39 is 0 Å². The van der Waals surface area contributed by atoms with E-state index in [2.05, 4.69) is 52.8 Å². The van der Waals surface area contributed by atoms with Crippen LogP contribution in [0, 0.1) is 6.92 Å². The van der Waals surface area contributed by atoms with Crippen LogP contribution in [0.1, 0.15) is 51.7 Å². The Bertz CT molecular complexity index is 611. The first-order valence-electron chi connectivity index (χ1n) is 8.42. The molecule has 0 spiro atoms. The fraction of sp³-hybridized carbons (Fsp3) is 0.611. The molecular weight excluding hydrogens is 289 g/mol. The Kier molecular flexibility index (Phi) is 4.05. The molecule has 2 fully saturated rings. The maximum absolute atomic E-state index is 11.8. The quantitative estimate of drug-likeness (QED) is 0.804. The summed E-state index contributed by atoms with van der Waals surface area (Å²) in [5.74, 6) is 0.262. The topological polar surface area (TPSA) is 38.8 Å². The molecule has 2 saturated heterocycles. The number of carbonyl (C=O) groups is 1. The highest BCUT2D eigenvalue weighted by Crippen LogP contribution is 2.36. The molecule has 0 unspecified atom stereocenters. The summed E-state index contributed by atoms with van der Waals surface area (Å²) < 4.78 is 12.3. The van der Waals surface area contributed by atoms with Gasteiger partial charge in [0.2, 0.25) is 5.91 Å². The number of likely N-dealkylation sites (tertiary alicyclic amines) is 1. The molecule has 23 heavy (non-hydrogen) atoms. The smallest absolute Gasteiger partial charge is 0.399 e. The van der Waals surface area contributed by atoms with Crippen molar-refractivity contribution < 1.29 is 14.1 Å². The van der Waals surface area contributed by atoms with E-state index in [0.717, 1.165) is 29.6 Å². The summed E-state index contributed by atoms with van der Waals surface area (Å²) in [7, 11) is -0.331. The molecule has 2 aliphatic heterocycles. The number of aryl methyl sites for hydroxylation is 1. The first-order chi connectivity index (χ1) is 10.7. The number of carbonyl (C=O) groups excluding carboxylic acids is 1. The standard InChI is InChI=1S/C18H26BNO3/c1-13-11-14(12-20-10-6-7-16(20)21)8-9-15(13)19-22-17(2,3)18(4,5)23-19/h8-9,11H,6-7,10,12H2,1-5H3. The zero-order valence-corrected chi connectivity index (χ0v) is 14.8.